The molecule has 1 N–H and O–H groups in total. The summed E-state index contributed by atoms with van der Waals surface area (Å²) in [6.07, 6.45) is 5.78. The number of carbonyl (C=O) groups is 1. The van der Waals surface area contributed by atoms with Crippen molar-refractivity contribution in [3.05, 3.63) is 52.3 Å². The van der Waals surface area contributed by atoms with Crippen LogP contribution in [0.1, 0.15) is 71.4 Å². The van der Waals surface area contributed by atoms with Crippen LogP contribution >= 0.6 is 23.1 Å². The third-order valence-corrected chi connectivity index (χ3v) is 8.02. The highest BCUT2D eigenvalue weighted by Gasteiger charge is 2.40. The molecule has 0 unspecified atom stereocenters. The van der Waals surface area contributed by atoms with Crippen LogP contribution < -0.4 is 5.32 Å². The van der Waals surface area contributed by atoms with Crippen LogP contribution in [0.15, 0.2) is 37.5 Å². The van der Waals surface area contributed by atoms with E-state index in [1.54, 1.807) is 30.0 Å². The fourth-order valence-electron chi connectivity index (χ4n) is 4.40. The first kappa shape index (κ1) is 22.1. The molecular formula is C23H25N5O3S2. The average Bonchev–Trinajstić information content (AvgIpc) is 3.48. The van der Waals surface area contributed by atoms with Crippen molar-refractivity contribution in [2.45, 2.75) is 68.0 Å². The lowest BCUT2D eigenvalue weighted by Crippen LogP contribution is -2.46. The molecule has 10 heteroatoms. The fourth-order valence-corrected chi connectivity index (χ4v) is 6.24. The molecule has 3 aromatic heterocycles. The third kappa shape index (κ3) is 4.54. The molecule has 1 aromatic carbocycles. The van der Waals surface area contributed by atoms with Crippen LogP contribution in [0, 0.1) is 13.8 Å². The molecule has 33 heavy (non-hydrogen) atoms. The van der Waals surface area contributed by atoms with Crippen molar-refractivity contribution in [3.63, 3.8) is 0 Å². The van der Waals surface area contributed by atoms with E-state index < -0.39 is 5.54 Å². The standard InChI is InChI=1S/C23H25N5O3S2/c1-14-24-21(28-31-14)23(11-7-3-4-8-12-23)25-20(29)19-17(13-32-22-27-26-15(2)33-22)16-9-5-6-10-18(16)30-19/h5-6,9-10H,3-4,7-8,11-13H2,1-2H3,(H,25,29). The SMILES string of the molecule is Cc1nc(C2(NC(=O)c3oc4ccccc4c3CSc3nnc(C)s3)CCCCCC2)no1. The molecule has 0 aliphatic heterocycles. The molecule has 0 atom stereocenters. The minimum atomic E-state index is -0.662. The second-order valence-electron chi connectivity index (χ2n) is 8.37. The van der Waals surface area contributed by atoms with Crippen molar-refractivity contribution < 1.29 is 13.7 Å². The smallest absolute Gasteiger partial charge is 0.288 e. The Morgan fingerprint density at radius 2 is 1.94 bits per heavy atom. The van der Waals surface area contributed by atoms with Gasteiger partial charge in [0.1, 0.15) is 16.1 Å². The number of furan rings is 1. The Labute approximate surface area is 199 Å². The van der Waals surface area contributed by atoms with Gasteiger partial charge in [0.2, 0.25) is 5.89 Å². The van der Waals surface area contributed by atoms with Gasteiger partial charge in [0.15, 0.2) is 15.9 Å². The number of amides is 1. The lowest BCUT2D eigenvalue weighted by molar-refractivity contribution is 0.0849. The molecule has 3 heterocycles. The van der Waals surface area contributed by atoms with Crippen LogP contribution in [-0.2, 0) is 11.3 Å². The van der Waals surface area contributed by atoms with Crippen LogP contribution in [-0.4, -0.2) is 26.2 Å². The molecule has 0 spiro atoms. The van der Waals surface area contributed by atoms with Gasteiger partial charge in [0, 0.05) is 23.6 Å². The molecule has 0 bridgehead atoms. The number of thioether (sulfide) groups is 1. The van der Waals surface area contributed by atoms with E-state index in [1.807, 2.05) is 31.2 Å². The number of fused-ring (bicyclic) bond motifs is 1. The van der Waals surface area contributed by atoms with E-state index >= 15 is 0 Å². The molecule has 4 aromatic rings. The zero-order chi connectivity index (χ0) is 22.8. The zero-order valence-corrected chi connectivity index (χ0v) is 20.2. The zero-order valence-electron chi connectivity index (χ0n) is 18.6. The molecule has 172 valence electrons. The van der Waals surface area contributed by atoms with E-state index in [9.17, 15) is 4.79 Å². The average molecular weight is 484 g/mol. The number of carbonyl (C=O) groups excluding carboxylic acids is 1. The number of hydrogen-bond donors (Lipinski definition) is 1. The van der Waals surface area contributed by atoms with Crippen LogP contribution in [0.25, 0.3) is 11.0 Å². The first-order chi connectivity index (χ1) is 16.0. The van der Waals surface area contributed by atoms with E-state index in [0.29, 0.717) is 28.8 Å². The lowest BCUT2D eigenvalue weighted by Gasteiger charge is -2.30. The van der Waals surface area contributed by atoms with Gasteiger partial charge in [-0.3, -0.25) is 4.79 Å². The van der Waals surface area contributed by atoms with Crippen LogP contribution in [0.4, 0.5) is 0 Å². The van der Waals surface area contributed by atoms with Crippen molar-refractivity contribution in [2.24, 2.45) is 0 Å². The summed E-state index contributed by atoms with van der Waals surface area (Å²) in [5, 5.41) is 17.6. The summed E-state index contributed by atoms with van der Waals surface area (Å²) in [5.74, 6) is 1.68. The van der Waals surface area contributed by atoms with Crippen LogP contribution in [0.2, 0.25) is 0 Å². The van der Waals surface area contributed by atoms with Gasteiger partial charge in [-0.25, -0.2) is 0 Å². The lowest BCUT2D eigenvalue weighted by atomic mass is 9.89. The van der Waals surface area contributed by atoms with Gasteiger partial charge < -0.3 is 14.3 Å². The van der Waals surface area contributed by atoms with Crippen molar-refractivity contribution >= 4 is 40.0 Å². The van der Waals surface area contributed by atoms with E-state index in [2.05, 4.69) is 25.7 Å². The molecule has 8 nitrogen and oxygen atoms in total. The quantitative estimate of drug-likeness (QED) is 0.281. The topological polar surface area (TPSA) is 107 Å². The Kier molecular flexibility index (Phi) is 6.20. The Morgan fingerprint density at radius 1 is 1.15 bits per heavy atom. The number of nitrogens with zero attached hydrogens (tertiary/aromatic N) is 4. The Balaban J connectivity index is 1.49. The minimum Gasteiger partial charge on any atom is -0.451 e. The number of nitrogens with one attached hydrogen (secondary N) is 1. The number of aromatic nitrogens is 4. The number of aryl methyl sites for hydroxylation is 2. The molecule has 0 saturated heterocycles. The normalized spacial score (nSPS) is 16.1. The Morgan fingerprint density at radius 3 is 2.64 bits per heavy atom. The maximum atomic E-state index is 13.7. The van der Waals surface area contributed by atoms with Gasteiger partial charge in [0.25, 0.3) is 5.91 Å². The van der Waals surface area contributed by atoms with Crippen molar-refractivity contribution in [1.29, 1.82) is 0 Å². The first-order valence-electron chi connectivity index (χ1n) is 11.1. The van der Waals surface area contributed by atoms with Crippen molar-refractivity contribution in [2.75, 3.05) is 0 Å². The monoisotopic (exact) mass is 483 g/mol. The van der Waals surface area contributed by atoms with Gasteiger partial charge in [-0.15, -0.1) is 10.2 Å². The maximum Gasteiger partial charge on any atom is 0.288 e. The molecule has 1 saturated carbocycles. The number of hydrogen-bond acceptors (Lipinski definition) is 9. The van der Waals surface area contributed by atoms with Gasteiger partial charge >= 0.3 is 0 Å². The summed E-state index contributed by atoms with van der Waals surface area (Å²) < 4.78 is 12.2. The van der Waals surface area contributed by atoms with Crippen molar-refractivity contribution in [1.82, 2.24) is 25.7 Å². The molecular weight excluding hydrogens is 458 g/mol. The van der Waals surface area contributed by atoms with Gasteiger partial charge in [-0.1, -0.05) is 72.1 Å². The van der Waals surface area contributed by atoms with E-state index in [1.165, 1.54) is 0 Å². The number of benzene rings is 1. The summed E-state index contributed by atoms with van der Waals surface area (Å²) in [6.45, 7) is 3.70. The molecule has 0 radical (unpaired) electrons. The van der Waals surface area contributed by atoms with E-state index in [-0.39, 0.29) is 5.91 Å². The summed E-state index contributed by atoms with van der Waals surface area (Å²) in [5.41, 5.74) is 0.886. The van der Waals surface area contributed by atoms with Gasteiger partial charge in [-0.2, -0.15) is 4.98 Å². The van der Waals surface area contributed by atoms with E-state index in [0.717, 1.165) is 58.8 Å². The molecule has 1 aliphatic rings. The highest BCUT2D eigenvalue weighted by atomic mass is 32.2. The van der Waals surface area contributed by atoms with E-state index in [4.69, 9.17) is 8.94 Å². The molecule has 1 fully saturated rings. The van der Waals surface area contributed by atoms with Gasteiger partial charge in [0.05, 0.1) is 0 Å². The highest BCUT2D eigenvalue weighted by molar-refractivity contribution is 8.00. The predicted molar refractivity (Wildman–Crippen MR) is 126 cm³/mol. The van der Waals surface area contributed by atoms with Crippen LogP contribution in [0.3, 0.4) is 0 Å². The molecule has 5 rings (SSSR count). The highest BCUT2D eigenvalue weighted by Crippen LogP contribution is 2.37. The predicted octanol–water partition coefficient (Wildman–Crippen LogP) is 5.56. The fraction of sp³-hybridized carbons (Fsp3) is 0.435. The van der Waals surface area contributed by atoms with Crippen molar-refractivity contribution in [3.8, 4) is 0 Å². The summed E-state index contributed by atoms with van der Waals surface area (Å²) in [7, 11) is 0. The summed E-state index contributed by atoms with van der Waals surface area (Å²) in [4.78, 5) is 18.2. The number of rotatable bonds is 6. The van der Waals surface area contributed by atoms with Gasteiger partial charge in [-0.05, 0) is 25.8 Å². The second-order valence-corrected chi connectivity index (χ2v) is 10.8. The number of para-hydroxylation sites is 1. The third-order valence-electron chi connectivity index (χ3n) is 6.02. The first-order valence-corrected chi connectivity index (χ1v) is 12.9. The maximum absolute atomic E-state index is 13.7. The minimum absolute atomic E-state index is 0.250. The molecule has 1 aliphatic carbocycles. The molecule has 1 amide bonds. The Hall–Kier alpha value is -2.72. The summed E-state index contributed by atoms with van der Waals surface area (Å²) >= 11 is 3.10. The Bertz CT molecular complexity index is 1270. The second kappa shape index (κ2) is 9.26. The van der Waals surface area contributed by atoms with Crippen LogP contribution in [0.5, 0.6) is 0 Å². The summed E-state index contributed by atoms with van der Waals surface area (Å²) in [6, 6.07) is 7.74. The largest absolute Gasteiger partial charge is 0.451 e.